The van der Waals surface area contributed by atoms with Gasteiger partial charge in [-0.2, -0.15) is 0 Å². The van der Waals surface area contributed by atoms with Crippen LogP contribution >= 0.6 is 0 Å². The number of unbranched alkanes of at least 4 members (excludes halogenated alkanes) is 41. The van der Waals surface area contributed by atoms with Gasteiger partial charge in [-0.1, -0.05) is 351 Å². The number of carbonyl (C=O) groups excluding carboxylic acids is 4. The molecule has 0 aliphatic heterocycles. The highest BCUT2D eigenvalue weighted by Gasteiger charge is 2.31. The molecule has 0 heterocycles. The number of hydrogen-bond acceptors (Lipinski definition) is 12. The zero-order valence-electron chi connectivity index (χ0n) is 73.0. The Bertz CT molecular complexity index is 1850. The molecule has 6 atom stereocenters. The number of aliphatic hydroxyl groups excluding tert-OH is 2. The largest absolute Gasteiger partial charge is 0.465 e. The van der Waals surface area contributed by atoms with E-state index in [4.69, 9.17) is 18.9 Å². The molecule has 2 N–H and O–H groups in total. The summed E-state index contributed by atoms with van der Waals surface area (Å²) in [6.45, 7) is 26.7. The Morgan fingerprint density at radius 3 is 0.981 bits per heavy atom. The standard InChI is InChI=1S/C95H186N2O10/c1-9-17-24-29-39-50-64-86(63-49-26-19-11-3)84-106-92(100)70-54-41-37-45-58-74-97(77-79-99)75-59-46-38-42-55-71-93(101)107-85-87(65-51-40-30-25-18-10-2)82-90(67-23-15-7)88(16-8)83-91(69-53-28-21-13-5)95(103)105-81-61-48-36-32-34-44-57-73-96(76-62-78-98)72-56-43-33-31-35-47-60-80-104-94(102)89(66-22-14-6)68-52-27-20-12-4/h86-91,98-99H,9-85H2,1-8H3. The summed E-state index contributed by atoms with van der Waals surface area (Å²) in [6.07, 6.45) is 73.9. The Morgan fingerprint density at radius 2 is 0.570 bits per heavy atom. The van der Waals surface area contributed by atoms with Gasteiger partial charge in [0.05, 0.1) is 44.9 Å². The highest BCUT2D eigenvalue weighted by molar-refractivity contribution is 5.73. The van der Waals surface area contributed by atoms with Crippen LogP contribution in [0.25, 0.3) is 0 Å². The van der Waals surface area contributed by atoms with Crippen LogP contribution in [0.4, 0.5) is 0 Å². The number of hydrogen-bond donors (Lipinski definition) is 2. The number of ether oxygens (including phenoxy) is 4. The first-order valence-electron chi connectivity index (χ1n) is 47.8. The third-order valence-corrected chi connectivity index (χ3v) is 23.6. The van der Waals surface area contributed by atoms with E-state index in [1.807, 2.05) is 0 Å². The third-order valence-electron chi connectivity index (χ3n) is 23.6. The summed E-state index contributed by atoms with van der Waals surface area (Å²) in [5, 5.41) is 19.5. The highest BCUT2D eigenvalue weighted by Crippen LogP contribution is 2.37. The van der Waals surface area contributed by atoms with Crippen LogP contribution in [0.2, 0.25) is 0 Å². The van der Waals surface area contributed by atoms with E-state index in [1.165, 1.54) is 225 Å². The lowest BCUT2D eigenvalue weighted by molar-refractivity contribution is -0.150. The molecule has 107 heavy (non-hydrogen) atoms. The Labute approximate surface area is 665 Å². The Balaban J connectivity index is 5.04. The monoisotopic (exact) mass is 1520 g/mol. The second-order valence-electron chi connectivity index (χ2n) is 33.6. The maximum absolute atomic E-state index is 14.2. The van der Waals surface area contributed by atoms with Gasteiger partial charge in [0.1, 0.15) is 0 Å². The lowest BCUT2D eigenvalue weighted by Gasteiger charge is -2.32. The number of esters is 4. The van der Waals surface area contributed by atoms with Crippen LogP contribution in [0.5, 0.6) is 0 Å². The second-order valence-corrected chi connectivity index (χ2v) is 33.6. The van der Waals surface area contributed by atoms with Crippen molar-refractivity contribution in [1.29, 1.82) is 0 Å². The van der Waals surface area contributed by atoms with E-state index >= 15 is 0 Å². The van der Waals surface area contributed by atoms with E-state index in [2.05, 4.69) is 65.2 Å². The van der Waals surface area contributed by atoms with Crippen LogP contribution in [0.1, 0.15) is 473 Å². The van der Waals surface area contributed by atoms with Gasteiger partial charge >= 0.3 is 23.9 Å². The summed E-state index contributed by atoms with van der Waals surface area (Å²) < 4.78 is 24.0. The van der Waals surface area contributed by atoms with Crippen LogP contribution in [0, 0.1) is 35.5 Å². The predicted molar refractivity (Wildman–Crippen MR) is 457 cm³/mol. The van der Waals surface area contributed by atoms with Gasteiger partial charge < -0.3 is 39.0 Å². The Hall–Kier alpha value is -2.28. The quantitative estimate of drug-likeness (QED) is 0.0339. The normalized spacial score (nSPS) is 13.5. The van der Waals surface area contributed by atoms with Gasteiger partial charge in [0, 0.05) is 32.5 Å². The second kappa shape index (κ2) is 83.2. The van der Waals surface area contributed by atoms with Crippen molar-refractivity contribution >= 4 is 23.9 Å². The topological polar surface area (TPSA) is 152 Å². The number of aliphatic hydroxyl groups is 2. The highest BCUT2D eigenvalue weighted by atomic mass is 16.5. The minimum atomic E-state index is -0.0599. The molecule has 0 rings (SSSR count). The molecular weight excluding hydrogens is 1330 g/mol. The molecule has 0 aliphatic carbocycles. The van der Waals surface area contributed by atoms with Crippen molar-refractivity contribution in [2.75, 3.05) is 78.9 Å². The van der Waals surface area contributed by atoms with E-state index in [-0.39, 0.29) is 48.9 Å². The molecule has 0 saturated heterocycles. The molecule has 12 heteroatoms. The summed E-state index contributed by atoms with van der Waals surface area (Å²) in [5.41, 5.74) is 0. The van der Waals surface area contributed by atoms with Gasteiger partial charge in [0.2, 0.25) is 0 Å². The van der Waals surface area contributed by atoms with E-state index in [1.54, 1.807) is 0 Å². The fraction of sp³-hybridized carbons (Fsp3) is 0.958. The van der Waals surface area contributed by atoms with Crippen LogP contribution in [-0.4, -0.2) is 123 Å². The van der Waals surface area contributed by atoms with Gasteiger partial charge in [-0.15, -0.1) is 0 Å². The van der Waals surface area contributed by atoms with Crippen LogP contribution in [-0.2, 0) is 38.1 Å². The van der Waals surface area contributed by atoms with Gasteiger partial charge in [0.25, 0.3) is 0 Å². The zero-order valence-corrected chi connectivity index (χ0v) is 73.0. The molecule has 0 aromatic rings. The maximum Gasteiger partial charge on any atom is 0.308 e. The number of rotatable bonds is 88. The smallest absolute Gasteiger partial charge is 0.308 e. The van der Waals surface area contributed by atoms with Crippen molar-refractivity contribution < 1.29 is 48.3 Å². The van der Waals surface area contributed by atoms with Crippen molar-refractivity contribution in [2.45, 2.75) is 473 Å². The fourth-order valence-electron chi connectivity index (χ4n) is 16.3. The van der Waals surface area contributed by atoms with Crippen molar-refractivity contribution in [3.8, 4) is 0 Å². The van der Waals surface area contributed by atoms with Crippen LogP contribution in [0.15, 0.2) is 0 Å². The molecule has 0 fully saturated rings. The molecule has 0 aromatic heterocycles. The Kier molecular flexibility index (Phi) is 81.4. The molecule has 6 unspecified atom stereocenters. The van der Waals surface area contributed by atoms with Crippen molar-refractivity contribution in [3.05, 3.63) is 0 Å². The van der Waals surface area contributed by atoms with E-state index in [0.29, 0.717) is 69.5 Å². The van der Waals surface area contributed by atoms with Gasteiger partial charge in [-0.3, -0.25) is 19.2 Å². The van der Waals surface area contributed by atoms with Gasteiger partial charge in [-0.05, 0) is 159 Å². The molecule has 0 spiro atoms. The lowest BCUT2D eigenvalue weighted by atomic mass is 9.74. The molecule has 0 bridgehead atoms. The summed E-state index contributed by atoms with van der Waals surface area (Å²) in [4.78, 5) is 58.1. The molecule has 12 nitrogen and oxygen atoms in total. The molecule has 0 aliphatic rings. The van der Waals surface area contributed by atoms with Crippen LogP contribution < -0.4 is 0 Å². The average molecular weight is 1520 g/mol. The molecule has 636 valence electrons. The first-order valence-corrected chi connectivity index (χ1v) is 47.8. The number of carbonyl (C=O) groups is 4. The SMILES string of the molecule is CCCCCCCCC(CCCCCC)COC(=O)CCCCCCCN(CCO)CCCCCCCC(=O)OCC(CCCCCCCC)CC(CCCC)C(CC)CC(CCCCCC)C(=O)OCCCCCCCCCN(CCCO)CCCCCCCCCOC(=O)C(CCCC)CCCCCC. The minimum absolute atomic E-state index is 0.0138. The molecule has 0 aromatic carbocycles. The molecule has 0 radical (unpaired) electrons. The zero-order chi connectivity index (χ0) is 78.2. The van der Waals surface area contributed by atoms with Gasteiger partial charge in [-0.25, -0.2) is 0 Å². The average Bonchev–Trinajstić information content (AvgIpc) is 0.872. The Morgan fingerprint density at radius 1 is 0.262 bits per heavy atom. The number of nitrogens with zero attached hydrogens (tertiary/aromatic N) is 2. The summed E-state index contributed by atoms with van der Waals surface area (Å²) in [6, 6.07) is 0. The first-order chi connectivity index (χ1) is 52.5. The van der Waals surface area contributed by atoms with Gasteiger partial charge in [0.15, 0.2) is 0 Å². The molecule has 0 saturated carbocycles. The van der Waals surface area contributed by atoms with Crippen molar-refractivity contribution in [2.24, 2.45) is 35.5 Å². The van der Waals surface area contributed by atoms with Crippen molar-refractivity contribution in [3.63, 3.8) is 0 Å². The lowest BCUT2D eigenvalue weighted by Crippen LogP contribution is -2.29. The van der Waals surface area contributed by atoms with E-state index in [0.717, 1.165) is 213 Å². The molecule has 0 amide bonds. The summed E-state index contributed by atoms with van der Waals surface area (Å²) >= 11 is 0. The fourth-order valence-corrected chi connectivity index (χ4v) is 16.3. The maximum atomic E-state index is 14.2. The third kappa shape index (κ3) is 69.0. The van der Waals surface area contributed by atoms with E-state index < -0.39 is 0 Å². The van der Waals surface area contributed by atoms with Crippen molar-refractivity contribution in [1.82, 2.24) is 9.80 Å². The molecular formula is C95H186N2O10. The predicted octanol–water partition coefficient (Wildman–Crippen LogP) is 27.0. The van der Waals surface area contributed by atoms with E-state index in [9.17, 15) is 29.4 Å². The first kappa shape index (κ1) is 105. The minimum Gasteiger partial charge on any atom is -0.465 e. The summed E-state index contributed by atoms with van der Waals surface area (Å²) in [5.74, 6) is 1.83. The summed E-state index contributed by atoms with van der Waals surface area (Å²) in [7, 11) is 0. The van der Waals surface area contributed by atoms with Crippen LogP contribution in [0.3, 0.4) is 0 Å².